The second kappa shape index (κ2) is 4.24. The Morgan fingerprint density at radius 2 is 2.00 bits per heavy atom. The van der Waals surface area contributed by atoms with Gasteiger partial charge in [-0.05, 0) is 31.5 Å². The van der Waals surface area contributed by atoms with Crippen LogP contribution in [-0.4, -0.2) is 6.54 Å². The molecule has 4 heteroatoms. The molecular formula is C10H12ClF2N. The Labute approximate surface area is 87.9 Å². The van der Waals surface area contributed by atoms with Crippen molar-refractivity contribution >= 4 is 12.4 Å². The van der Waals surface area contributed by atoms with Crippen molar-refractivity contribution in [3.8, 4) is 0 Å². The number of halogens is 3. The minimum Gasteiger partial charge on any atom is -0.310 e. The maximum absolute atomic E-state index is 13.5. The third-order valence-electron chi connectivity index (χ3n) is 2.49. The molecule has 1 aliphatic heterocycles. The van der Waals surface area contributed by atoms with Gasteiger partial charge in [-0.1, -0.05) is 6.07 Å². The highest BCUT2D eigenvalue weighted by Crippen LogP contribution is 2.28. The summed E-state index contributed by atoms with van der Waals surface area (Å²) in [5, 5.41) is 2.99. The molecule has 0 aromatic heterocycles. The summed E-state index contributed by atoms with van der Waals surface area (Å²) in [4.78, 5) is 0. The number of benzene rings is 1. The number of hydrogen-bond acceptors (Lipinski definition) is 1. The van der Waals surface area contributed by atoms with E-state index in [1.54, 1.807) is 6.92 Å². The minimum atomic E-state index is -0.444. The molecule has 1 aromatic carbocycles. The number of rotatable bonds is 1. The van der Waals surface area contributed by atoms with Gasteiger partial charge in [-0.3, -0.25) is 0 Å². The highest BCUT2D eigenvalue weighted by atomic mass is 35.5. The summed E-state index contributed by atoms with van der Waals surface area (Å²) in [6.07, 6.45) is 0.817. The molecule has 78 valence electrons. The Morgan fingerprint density at radius 3 is 2.50 bits per heavy atom. The second-order valence-electron chi connectivity index (χ2n) is 3.39. The first kappa shape index (κ1) is 11.4. The van der Waals surface area contributed by atoms with Crippen LogP contribution in [0, 0.1) is 18.6 Å². The van der Waals surface area contributed by atoms with Gasteiger partial charge >= 0.3 is 0 Å². The van der Waals surface area contributed by atoms with Gasteiger partial charge in [0.2, 0.25) is 0 Å². The van der Waals surface area contributed by atoms with Crippen LogP contribution >= 0.6 is 12.4 Å². The molecule has 0 saturated carbocycles. The summed E-state index contributed by atoms with van der Waals surface area (Å²) in [7, 11) is 0. The van der Waals surface area contributed by atoms with Crippen molar-refractivity contribution in [1.82, 2.24) is 5.32 Å². The van der Waals surface area contributed by atoms with E-state index in [1.807, 2.05) is 0 Å². The number of nitrogens with one attached hydrogen (secondary N) is 1. The van der Waals surface area contributed by atoms with Gasteiger partial charge in [0.15, 0.2) is 0 Å². The maximum Gasteiger partial charge on any atom is 0.133 e. The highest BCUT2D eigenvalue weighted by Gasteiger charge is 2.25. The van der Waals surface area contributed by atoms with E-state index in [-0.39, 0.29) is 24.0 Å². The summed E-state index contributed by atoms with van der Waals surface area (Å²) in [5.74, 6) is -0.850. The third kappa shape index (κ3) is 1.74. The molecule has 1 N–H and O–H groups in total. The minimum absolute atomic E-state index is 0. The molecule has 1 atom stereocenters. The molecule has 1 aliphatic rings. The highest BCUT2D eigenvalue weighted by molar-refractivity contribution is 5.85. The molecule has 0 radical (unpaired) electrons. The van der Waals surface area contributed by atoms with Crippen LogP contribution in [0.4, 0.5) is 8.78 Å². The Bertz CT molecular complexity index is 337. The van der Waals surface area contributed by atoms with Crippen LogP contribution < -0.4 is 5.32 Å². The third-order valence-corrected chi connectivity index (χ3v) is 2.49. The van der Waals surface area contributed by atoms with Crippen LogP contribution in [0.3, 0.4) is 0 Å². The summed E-state index contributed by atoms with van der Waals surface area (Å²) >= 11 is 0. The summed E-state index contributed by atoms with van der Waals surface area (Å²) in [6.45, 7) is 2.49. The summed E-state index contributed by atoms with van der Waals surface area (Å²) < 4.78 is 26.7. The van der Waals surface area contributed by atoms with Gasteiger partial charge in [-0.2, -0.15) is 0 Å². The lowest BCUT2D eigenvalue weighted by molar-refractivity contribution is 0.355. The van der Waals surface area contributed by atoms with Crippen molar-refractivity contribution in [2.24, 2.45) is 0 Å². The quantitative estimate of drug-likeness (QED) is 0.766. The van der Waals surface area contributed by atoms with Crippen molar-refractivity contribution in [2.45, 2.75) is 19.4 Å². The zero-order chi connectivity index (χ0) is 9.42. The average Bonchev–Trinajstić information content (AvgIpc) is 2.02. The zero-order valence-corrected chi connectivity index (χ0v) is 8.63. The number of aryl methyl sites for hydroxylation is 1. The van der Waals surface area contributed by atoms with Crippen LogP contribution in [0.1, 0.15) is 23.6 Å². The van der Waals surface area contributed by atoms with Gasteiger partial charge in [0.05, 0.1) is 0 Å². The Balaban J connectivity index is 0.000000980. The lowest BCUT2D eigenvalue weighted by Gasteiger charge is -2.28. The molecule has 0 bridgehead atoms. The van der Waals surface area contributed by atoms with Crippen molar-refractivity contribution < 1.29 is 8.78 Å². The van der Waals surface area contributed by atoms with E-state index in [2.05, 4.69) is 5.32 Å². The SMILES string of the molecule is Cc1ccc(F)c([C@@H]2CCN2)c1F.Cl. The van der Waals surface area contributed by atoms with E-state index in [0.717, 1.165) is 13.0 Å². The number of hydrogen-bond donors (Lipinski definition) is 1. The molecule has 14 heavy (non-hydrogen) atoms. The monoisotopic (exact) mass is 219 g/mol. The molecule has 0 unspecified atom stereocenters. The molecule has 0 spiro atoms. The zero-order valence-electron chi connectivity index (χ0n) is 7.81. The van der Waals surface area contributed by atoms with E-state index < -0.39 is 11.6 Å². The molecule has 1 nitrogen and oxygen atoms in total. The molecule has 0 aliphatic carbocycles. The topological polar surface area (TPSA) is 12.0 Å². The maximum atomic E-state index is 13.5. The molecule has 1 saturated heterocycles. The summed E-state index contributed by atoms with van der Waals surface area (Å²) in [6, 6.07) is 2.67. The predicted octanol–water partition coefficient (Wildman–Crippen LogP) is 2.73. The Morgan fingerprint density at radius 1 is 1.36 bits per heavy atom. The molecular weight excluding hydrogens is 208 g/mol. The van der Waals surface area contributed by atoms with Gasteiger partial charge in [-0.15, -0.1) is 12.4 Å². The fraction of sp³-hybridized carbons (Fsp3) is 0.400. The first-order valence-electron chi connectivity index (χ1n) is 4.38. The van der Waals surface area contributed by atoms with Crippen LogP contribution in [-0.2, 0) is 0 Å². The van der Waals surface area contributed by atoms with E-state index in [4.69, 9.17) is 0 Å². The second-order valence-corrected chi connectivity index (χ2v) is 3.39. The average molecular weight is 220 g/mol. The van der Waals surface area contributed by atoms with Crippen molar-refractivity contribution in [3.05, 3.63) is 34.9 Å². The van der Waals surface area contributed by atoms with Crippen LogP contribution in [0.5, 0.6) is 0 Å². The van der Waals surface area contributed by atoms with E-state index in [9.17, 15) is 8.78 Å². The predicted molar refractivity (Wildman–Crippen MR) is 53.7 cm³/mol. The van der Waals surface area contributed by atoms with Crippen molar-refractivity contribution in [2.75, 3.05) is 6.54 Å². The first-order valence-corrected chi connectivity index (χ1v) is 4.38. The molecule has 1 aromatic rings. The van der Waals surface area contributed by atoms with Crippen LogP contribution in [0.25, 0.3) is 0 Å². The lowest BCUT2D eigenvalue weighted by atomic mass is 9.95. The molecule has 1 fully saturated rings. The Hall–Kier alpha value is -0.670. The van der Waals surface area contributed by atoms with E-state index in [1.165, 1.54) is 12.1 Å². The Kier molecular flexibility index (Phi) is 3.45. The van der Waals surface area contributed by atoms with Crippen LogP contribution in [0.15, 0.2) is 12.1 Å². The van der Waals surface area contributed by atoms with Gasteiger partial charge < -0.3 is 5.32 Å². The smallest absolute Gasteiger partial charge is 0.133 e. The first-order chi connectivity index (χ1) is 6.20. The molecule has 0 amide bonds. The van der Waals surface area contributed by atoms with Gasteiger partial charge in [0, 0.05) is 11.6 Å². The van der Waals surface area contributed by atoms with Gasteiger partial charge in [0.25, 0.3) is 0 Å². The van der Waals surface area contributed by atoms with Crippen molar-refractivity contribution in [1.29, 1.82) is 0 Å². The van der Waals surface area contributed by atoms with Crippen LogP contribution in [0.2, 0.25) is 0 Å². The lowest BCUT2D eigenvalue weighted by Crippen LogP contribution is -2.36. The largest absolute Gasteiger partial charge is 0.310 e. The normalized spacial score (nSPS) is 19.8. The van der Waals surface area contributed by atoms with Crippen molar-refractivity contribution in [3.63, 3.8) is 0 Å². The van der Waals surface area contributed by atoms with Gasteiger partial charge in [0.1, 0.15) is 11.6 Å². The molecule has 2 rings (SSSR count). The fourth-order valence-corrected chi connectivity index (χ4v) is 1.53. The van der Waals surface area contributed by atoms with E-state index in [0.29, 0.717) is 5.56 Å². The molecule has 1 heterocycles. The fourth-order valence-electron chi connectivity index (χ4n) is 1.53. The standard InChI is InChI=1S/C10H11F2N.ClH/c1-6-2-3-7(11)9(10(6)12)8-4-5-13-8;/h2-3,8,13H,4-5H2,1H3;1H/t8-;/m0./s1. The summed E-state index contributed by atoms with van der Waals surface area (Å²) in [5.41, 5.74) is 0.705. The van der Waals surface area contributed by atoms with Gasteiger partial charge in [-0.25, -0.2) is 8.78 Å². The van der Waals surface area contributed by atoms with E-state index >= 15 is 0 Å².